The molecule has 0 spiro atoms. The van der Waals surface area contributed by atoms with Crippen LogP contribution in [0, 0.1) is 5.92 Å². The number of ether oxygens (including phenoxy) is 1. The van der Waals surface area contributed by atoms with Gasteiger partial charge < -0.3 is 15.4 Å². The van der Waals surface area contributed by atoms with Crippen LogP contribution in [0.15, 0.2) is 60.9 Å². The summed E-state index contributed by atoms with van der Waals surface area (Å²) < 4.78 is 6.13. The number of carbonyl (C=O) groups excluding carboxylic acids is 2. The lowest BCUT2D eigenvalue weighted by Gasteiger charge is -2.21. The van der Waals surface area contributed by atoms with E-state index < -0.39 is 12.1 Å². The van der Waals surface area contributed by atoms with Gasteiger partial charge in [0.2, 0.25) is 5.91 Å². The summed E-state index contributed by atoms with van der Waals surface area (Å²) in [5, 5.41) is 29.6. The van der Waals surface area contributed by atoms with Crippen LogP contribution < -0.4 is 16.0 Å². The van der Waals surface area contributed by atoms with Gasteiger partial charge >= 0.3 is 6.09 Å². The molecule has 0 radical (unpaired) electrons. The van der Waals surface area contributed by atoms with Crippen LogP contribution in [0.3, 0.4) is 0 Å². The molecular weight excluding hydrogens is 581 g/mol. The summed E-state index contributed by atoms with van der Waals surface area (Å²) in [7, 11) is 1.30. The average Bonchev–Trinajstić information content (AvgIpc) is 3.72. The summed E-state index contributed by atoms with van der Waals surface area (Å²) in [4.78, 5) is 24.7. The van der Waals surface area contributed by atoms with Gasteiger partial charge in [0.05, 0.1) is 24.5 Å². The molecule has 12 nitrogen and oxygen atoms in total. The Hall–Kier alpha value is -4.39. The zero-order valence-electron chi connectivity index (χ0n) is 22.5. The normalized spacial score (nSPS) is 15.5. The quantitative estimate of drug-likeness (QED) is 0.234. The Morgan fingerprint density at radius 3 is 2.71 bits per heavy atom. The van der Waals surface area contributed by atoms with Crippen LogP contribution in [0.1, 0.15) is 30.1 Å². The van der Waals surface area contributed by atoms with E-state index in [1.165, 1.54) is 24.2 Å². The van der Waals surface area contributed by atoms with Gasteiger partial charge in [-0.2, -0.15) is 9.78 Å². The minimum Gasteiger partial charge on any atom is -0.453 e. The lowest BCUT2D eigenvalue weighted by Crippen LogP contribution is -2.30. The molecule has 1 aliphatic heterocycles. The molecule has 3 N–H and O–H groups in total. The maximum absolute atomic E-state index is 13.2. The summed E-state index contributed by atoms with van der Waals surface area (Å²) in [5.41, 5.74) is 3.91. The van der Waals surface area contributed by atoms with Crippen LogP contribution in [0.2, 0.25) is 10.2 Å². The number of halogens is 2. The molecule has 1 aliphatic rings. The minimum absolute atomic E-state index is 0.219. The summed E-state index contributed by atoms with van der Waals surface area (Å²) in [6, 6.07) is 13.7. The number of rotatable bonds is 9. The molecule has 0 bridgehead atoms. The van der Waals surface area contributed by atoms with Crippen LogP contribution in [0.5, 0.6) is 0 Å². The molecule has 1 fully saturated rings. The Morgan fingerprint density at radius 2 is 2.00 bits per heavy atom. The largest absolute Gasteiger partial charge is 0.453 e. The number of aromatic nitrogens is 6. The van der Waals surface area contributed by atoms with Gasteiger partial charge in [-0.15, -0.1) is 10.2 Å². The molecule has 3 heterocycles. The van der Waals surface area contributed by atoms with E-state index in [0.29, 0.717) is 45.6 Å². The number of methoxy groups -OCH3 is 1. The van der Waals surface area contributed by atoms with Crippen molar-refractivity contribution in [2.24, 2.45) is 5.92 Å². The lowest BCUT2D eigenvalue weighted by atomic mass is 9.95. The molecule has 4 aromatic rings. The fraction of sp³-hybridized carbons (Fsp3) is 0.250. The topological polar surface area (TPSA) is 149 Å². The van der Waals surface area contributed by atoms with Gasteiger partial charge in [0.15, 0.2) is 5.15 Å². The van der Waals surface area contributed by atoms with Crippen LogP contribution >= 0.6 is 23.2 Å². The maximum atomic E-state index is 13.2. The maximum Gasteiger partial charge on any atom is 0.411 e. The van der Waals surface area contributed by atoms with Gasteiger partial charge in [-0.25, -0.2) is 4.79 Å². The average molecular weight is 608 g/mol. The van der Waals surface area contributed by atoms with Gasteiger partial charge in [-0.1, -0.05) is 35.3 Å². The van der Waals surface area contributed by atoms with E-state index in [0.717, 1.165) is 25.1 Å². The molecule has 2 aromatic heterocycles. The van der Waals surface area contributed by atoms with Gasteiger partial charge in [0.1, 0.15) is 6.33 Å². The predicted octanol–water partition coefficient (Wildman–Crippen LogP) is 4.47. The highest BCUT2D eigenvalue weighted by molar-refractivity contribution is 6.32. The van der Waals surface area contributed by atoms with Gasteiger partial charge in [0.25, 0.3) is 0 Å². The third-order valence-corrected chi connectivity index (χ3v) is 7.31. The fourth-order valence-electron chi connectivity index (χ4n) is 4.69. The summed E-state index contributed by atoms with van der Waals surface area (Å²) in [6.07, 6.45) is 5.66. The molecule has 2 aromatic carbocycles. The Labute approximate surface area is 251 Å². The van der Waals surface area contributed by atoms with E-state index in [-0.39, 0.29) is 11.1 Å². The van der Waals surface area contributed by atoms with E-state index >= 15 is 0 Å². The molecule has 2 atom stereocenters. The number of anilines is 1. The second-order valence-electron chi connectivity index (χ2n) is 9.61. The van der Waals surface area contributed by atoms with Crippen LogP contribution in [0.4, 0.5) is 10.5 Å². The number of nitrogens with zero attached hydrogens (tertiary/aromatic N) is 6. The third-order valence-electron chi connectivity index (χ3n) is 6.80. The molecule has 42 heavy (non-hydrogen) atoms. The van der Waals surface area contributed by atoms with Crippen LogP contribution in [-0.4, -0.2) is 62.6 Å². The predicted molar refractivity (Wildman–Crippen MR) is 158 cm³/mol. The third kappa shape index (κ3) is 7.27. The Morgan fingerprint density at radius 1 is 1.17 bits per heavy atom. The van der Waals surface area contributed by atoms with Crippen molar-refractivity contribution in [3.8, 4) is 16.8 Å². The van der Waals surface area contributed by atoms with Crippen LogP contribution in [0.25, 0.3) is 22.9 Å². The highest BCUT2D eigenvalue weighted by Crippen LogP contribution is 2.31. The number of nitrogens with one attached hydrogen (secondary N) is 3. The van der Waals surface area contributed by atoms with Crippen molar-refractivity contribution in [1.82, 2.24) is 41.0 Å². The van der Waals surface area contributed by atoms with E-state index in [2.05, 4.69) is 46.4 Å². The first-order valence-electron chi connectivity index (χ1n) is 13.1. The number of hydrogen-bond donors (Lipinski definition) is 3. The van der Waals surface area contributed by atoms with E-state index in [9.17, 15) is 9.59 Å². The fourth-order valence-corrected chi connectivity index (χ4v) is 5.08. The summed E-state index contributed by atoms with van der Waals surface area (Å²) >= 11 is 12.7. The van der Waals surface area contributed by atoms with Crippen molar-refractivity contribution in [3.05, 3.63) is 82.4 Å². The number of benzene rings is 2. The van der Waals surface area contributed by atoms with Gasteiger partial charge in [0, 0.05) is 27.9 Å². The molecular formula is C28H27Cl2N9O3. The number of hydrogen-bond acceptors (Lipinski definition) is 9. The zero-order chi connectivity index (χ0) is 29.5. The molecule has 0 aliphatic carbocycles. The number of carbonyl (C=O) groups is 2. The van der Waals surface area contributed by atoms with Crippen molar-refractivity contribution in [3.63, 3.8) is 0 Å². The Kier molecular flexibility index (Phi) is 9.37. The second-order valence-corrected chi connectivity index (χ2v) is 10.4. The lowest BCUT2D eigenvalue weighted by molar-refractivity contribution is -0.117. The standard InChI is InChI=1S/C28H27Cl2N9O3/c1-42-28(41)33-21-6-2-18(3-7-21)22-14-24(35-36-27(22)30)23(12-17-10-11-31-15-17)34-26(40)9-4-19-13-20(29)5-8-25(19)39-16-32-37-38-39/h2-9,13-14,16-17,23,31H,10-12,15H2,1H3,(H,33,41)(H,34,40)/t17?,23-/m0/s1. The minimum atomic E-state index is -0.565. The molecule has 5 rings (SSSR count). The molecule has 1 unspecified atom stereocenters. The van der Waals surface area contributed by atoms with Gasteiger partial charge in [-0.3, -0.25) is 10.1 Å². The van der Waals surface area contributed by atoms with Crippen molar-refractivity contribution in [2.45, 2.75) is 18.9 Å². The monoisotopic (exact) mass is 607 g/mol. The second kappa shape index (κ2) is 13.5. The summed E-state index contributed by atoms with van der Waals surface area (Å²) in [5.74, 6) is 0.0355. The highest BCUT2D eigenvalue weighted by Gasteiger charge is 2.24. The Balaban J connectivity index is 1.39. The highest BCUT2D eigenvalue weighted by atomic mass is 35.5. The van der Waals surface area contributed by atoms with Crippen molar-refractivity contribution in [2.75, 3.05) is 25.5 Å². The first-order chi connectivity index (χ1) is 20.4. The van der Waals surface area contributed by atoms with Crippen molar-refractivity contribution >= 4 is 47.0 Å². The van der Waals surface area contributed by atoms with Gasteiger partial charge in [-0.05, 0) is 90.3 Å². The molecule has 1 saturated heterocycles. The SMILES string of the molecule is COC(=O)Nc1ccc(-c2cc([C@H](CC3CCNC3)NC(=O)C=Cc3cc(Cl)ccc3-n3cnnn3)nnc2Cl)cc1. The molecule has 216 valence electrons. The number of tetrazole rings is 1. The molecule has 2 amide bonds. The summed E-state index contributed by atoms with van der Waals surface area (Å²) in [6.45, 7) is 1.77. The zero-order valence-corrected chi connectivity index (χ0v) is 24.0. The van der Waals surface area contributed by atoms with Crippen molar-refractivity contribution < 1.29 is 14.3 Å². The number of amides is 2. The van der Waals surface area contributed by atoms with E-state index in [1.54, 1.807) is 36.4 Å². The molecule has 14 heteroatoms. The van der Waals surface area contributed by atoms with Crippen molar-refractivity contribution in [1.29, 1.82) is 0 Å². The smallest absolute Gasteiger partial charge is 0.411 e. The Bertz CT molecular complexity index is 1570. The van der Waals surface area contributed by atoms with E-state index in [4.69, 9.17) is 23.2 Å². The van der Waals surface area contributed by atoms with E-state index in [1.807, 2.05) is 18.2 Å². The first-order valence-corrected chi connectivity index (χ1v) is 13.9. The van der Waals surface area contributed by atoms with Crippen LogP contribution in [-0.2, 0) is 9.53 Å². The first kappa shape index (κ1) is 29.1. The molecule has 0 saturated carbocycles.